The summed E-state index contributed by atoms with van der Waals surface area (Å²) in [6, 6.07) is 5.03. The van der Waals surface area contributed by atoms with Gasteiger partial charge in [0.25, 0.3) is 0 Å². The second-order valence-electron chi connectivity index (χ2n) is 3.71. The van der Waals surface area contributed by atoms with Crippen LogP contribution in [0.2, 0.25) is 0 Å². The van der Waals surface area contributed by atoms with E-state index < -0.39 is 26.7 Å². The molecule has 18 heavy (non-hydrogen) atoms. The molecule has 8 heteroatoms. The van der Waals surface area contributed by atoms with Gasteiger partial charge in [0.2, 0.25) is 10.0 Å². The lowest BCUT2D eigenvalue weighted by Crippen LogP contribution is -2.35. The fourth-order valence-corrected chi connectivity index (χ4v) is 2.39. The molecule has 0 fully saturated rings. The minimum Gasteiger partial charge on any atom is -0.409 e. The third kappa shape index (κ3) is 3.41. The van der Waals surface area contributed by atoms with Crippen LogP contribution in [-0.2, 0) is 10.0 Å². The smallest absolute Gasteiger partial charge is 0.243 e. The van der Waals surface area contributed by atoms with Gasteiger partial charge in [-0.25, -0.2) is 17.5 Å². The summed E-state index contributed by atoms with van der Waals surface area (Å²) in [7, 11) is -3.94. The van der Waals surface area contributed by atoms with E-state index >= 15 is 0 Å². The Morgan fingerprint density at radius 3 is 2.72 bits per heavy atom. The van der Waals surface area contributed by atoms with E-state index in [1.165, 1.54) is 12.1 Å². The molecule has 100 valence electrons. The van der Waals surface area contributed by atoms with E-state index in [2.05, 4.69) is 9.88 Å². The zero-order chi connectivity index (χ0) is 13.8. The molecule has 0 radical (unpaired) electrons. The molecule has 0 amide bonds. The fourth-order valence-electron chi connectivity index (χ4n) is 1.18. The number of rotatable bonds is 5. The maximum Gasteiger partial charge on any atom is 0.243 e. The summed E-state index contributed by atoms with van der Waals surface area (Å²) in [5.41, 5.74) is 5.31. The number of halogens is 1. The number of nitrogens with zero attached hydrogens (tertiary/aromatic N) is 1. The van der Waals surface area contributed by atoms with Crippen LogP contribution in [-0.4, -0.2) is 26.0 Å². The molecule has 1 rings (SSSR count). The summed E-state index contributed by atoms with van der Waals surface area (Å²) >= 11 is 0. The zero-order valence-electron chi connectivity index (χ0n) is 9.67. The molecule has 0 aliphatic rings. The van der Waals surface area contributed by atoms with Gasteiger partial charge in [0.1, 0.15) is 16.5 Å². The maximum absolute atomic E-state index is 13.3. The summed E-state index contributed by atoms with van der Waals surface area (Å²) < 4.78 is 39.1. The molecule has 0 saturated heterocycles. The second-order valence-corrected chi connectivity index (χ2v) is 5.44. The average Bonchev–Trinajstić information content (AvgIpc) is 2.35. The SMILES string of the molecule is CC(CNS(=O)(=O)c1ccccc1F)C(N)=NO. The zero-order valence-corrected chi connectivity index (χ0v) is 10.5. The molecule has 0 saturated carbocycles. The lowest BCUT2D eigenvalue weighted by Gasteiger charge is -2.11. The number of nitrogens with one attached hydrogen (secondary N) is 1. The molecule has 1 unspecified atom stereocenters. The number of hydrogen-bond donors (Lipinski definition) is 3. The standard InChI is InChI=1S/C10H14FN3O3S/c1-7(10(12)14-15)6-13-18(16,17)9-5-3-2-4-8(9)11/h2-5,7,13,15H,6H2,1H3,(H2,12,14). The minimum absolute atomic E-state index is 0.0907. The van der Waals surface area contributed by atoms with E-state index in [9.17, 15) is 12.8 Å². The van der Waals surface area contributed by atoms with Crippen LogP contribution in [0.5, 0.6) is 0 Å². The molecule has 0 heterocycles. The molecule has 4 N–H and O–H groups in total. The highest BCUT2D eigenvalue weighted by Crippen LogP contribution is 2.13. The van der Waals surface area contributed by atoms with Crippen molar-refractivity contribution >= 4 is 15.9 Å². The molecular formula is C10H14FN3O3S. The largest absolute Gasteiger partial charge is 0.409 e. The number of nitrogens with two attached hydrogens (primary N) is 1. The third-order valence-corrected chi connectivity index (χ3v) is 3.78. The van der Waals surface area contributed by atoms with Crippen molar-refractivity contribution in [1.29, 1.82) is 0 Å². The number of hydrogen-bond acceptors (Lipinski definition) is 4. The van der Waals surface area contributed by atoms with Gasteiger partial charge in [-0.1, -0.05) is 24.2 Å². The molecule has 1 atom stereocenters. The van der Waals surface area contributed by atoms with Crippen LogP contribution < -0.4 is 10.5 Å². The molecule has 1 aromatic rings. The predicted octanol–water partition coefficient (Wildman–Crippen LogP) is 0.487. The van der Waals surface area contributed by atoms with Crippen LogP contribution in [0.4, 0.5) is 4.39 Å². The average molecular weight is 275 g/mol. The van der Waals surface area contributed by atoms with Crippen molar-refractivity contribution in [3.05, 3.63) is 30.1 Å². The van der Waals surface area contributed by atoms with Crippen LogP contribution in [0.1, 0.15) is 6.92 Å². The van der Waals surface area contributed by atoms with Gasteiger partial charge in [0, 0.05) is 12.5 Å². The Balaban J connectivity index is 2.82. The Labute approximate surface area is 104 Å². The highest BCUT2D eigenvalue weighted by atomic mass is 32.2. The monoisotopic (exact) mass is 275 g/mol. The van der Waals surface area contributed by atoms with E-state index in [1.54, 1.807) is 6.92 Å². The van der Waals surface area contributed by atoms with Crippen molar-refractivity contribution in [3.63, 3.8) is 0 Å². The number of benzene rings is 1. The van der Waals surface area contributed by atoms with Gasteiger partial charge < -0.3 is 10.9 Å². The van der Waals surface area contributed by atoms with Crippen LogP contribution in [0.25, 0.3) is 0 Å². The molecule has 0 aromatic heterocycles. The summed E-state index contributed by atoms with van der Waals surface area (Å²) in [6.45, 7) is 1.48. The quantitative estimate of drug-likeness (QED) is 0.315. The molecule has 0 bridgehead atoms. The third-order valence-electron chi connectivity index (χ3n) is 2.33. The summed E-state index contributed by atoms with van der Waals surface area (Å²) in [4.78, 5) is -0.434. The van der Waals surface area contributed by atoms with Gasteiger partial charge in [-0.2, -0.15) is 0 Å². The van der Waals surface area contributed by atoms with E-state index in [-0.39, 0.29) is 12.4 Å². The Morgan fingerprint density at radius 1 is 1.56 bits per heavy atom. The molecule has 1 aromatic carbocycles. The van der Waals surface area contributed by atoms with Crippen molar-refractivity contribution < 1.29 is 18.0 Å². The minimum atomic E-state index is -3.94. The first-order chi connectivity index (χ1) is 8.38. The summed E-state index contributed by atoms with van der Waals surface area (Å²) in [5, 5.41) is 11.2. The molecule has 6 nitrogen and oxygen atoms in total. The van der Waals surface area contributed by atoms with Crippen molar-refractivity contribution in [1.82, 2.24) is 4.72 Å². The highest BCUT2D eigenvalue weighted by molar-refractivity contribution is 7.89. The lowest BCUT2D eigenvalue weighted by molar-refractivity contribution is 0.314. The van der Waals surface area contributed by atoms with Crippen molar-refractivity contribution in [2.75, 3.05) is 6.54 Å². The van der Waals surface area contributed by atoms with Gasteiger partial charge in [0.05, 0.1) is 0 Å². The fraction of sp³-hybridized carbons (Fsp3) is 0.300. The number of amidine groups is 1. The van der Waals surface area contributed by atoms with Gasteiger partial charge in [0.15, 0.2) is 0 Å². The molecule has 0 spiro atoms. The summed E-state index contributed by atoms with van der Waals surface area (Å²) in [5.74, 6) is -1.44. The predicted molar refractivity (Wildman–Crippen MR) is 64.2 cm³/mol. The Hall–Kier alpha value is -1.67. The Bertz CT molecular complexity index is 545. The Kier molecular flexibility index (Phi) is 4.62. The van der Waals surface area contributed by atoms with Gasteiger partial charge in [-0.15, -0.1) is 0 Å². The lowest BCUT2D eigenvalue weighted by atomic mass is 10.2. The Morgan fingerprint density at radius 2 is 2.17 bits per heavy atom. The summed E-state index contributed by atoms with van der Waals surface area (Å²) in [6.07, 6.45) is 0. The van der Waals surface area contributed by atoms with Crippen molar-refractivity contribution in [3.8, 4) is 0 Å². The second kappa shape index (κ2) is 5.78. The van der Waals surface area contributed by atoms with E-state index in [1.807, 2.05) is 0 Å². The first-order valence-corrected chi connectivity index (χ1v) is 6.58. The van der Waals surface area contributed by atoms with E-state index in [4.69, 9.17) is 10.9 Å². The van der Waals surface area contributed by atoms with Gasteiger partial charge in [-0.3, -0.25) is 0 Å². The molecular weight excluding hydrogens is 261 g/mol. The molecule has 0 aliphatic carbocycles. The molecule has 0 aliphatic heterocycles. The van der Waals surface area contributed by atoms with E-state index in [0.717, 1.165) is 12.1 Å². The van der Waals surface area contributed by atoms with E-state index in [0.29, 0.717) is 0 Å². The number of sulfonamides is 1. The van der Waals surface area contributed by atoms with Crippen molar-refractivity contribution in [2.24, 2.45) is 16.8 Å². The van der Waals surface area contributed by atoms with Crippen LogP contribution in [0.15, 0.2) is 34.3 Å². The first-order valence-electron chi connectivity index (χ1n) is 5.10. The van der Waals surface area contributed by atoms with Crippen LogP contribution in [0, 0.1) is 11.7 Å². The highest BCUT2D eigenvalue weighted by Gasteiger charge is 2.19. The number of oxime groups is 1. The van der Waals surface area contributed by atoms with Crippen LogP contribution in [0.3, 0.4) is 0 Å². The topological polar surface area (TPSA) is 105 Å². The van der Waals surface area contributed by atoms with Crippen LogP contribution >= 0.6 is 0 Å². The van der Waals surface area contributed by atoms with Gasteiger partial charge in [-0.05, 0) is 12.1 Å². The maximum atomic E-state index is 13.3. The first kappa shape index (κ1) is 14.4. The normalized spacial score (nSPS) is 14.4. The van der Waals surface area contributed by atoms with Gasteiger partial charge >= 0.3 is 0 Å². The van der Waals surface area contributed by atoms with Crippen molar-refractivity contribution in [2.45, 2.75) is 11.8 Å².